The lowest BCUT2D eigenvalue weighted by Crippen LogP contribution is -2.27. The molecule has 0 bridgehead atoms. The van der Waals surface area contributed by atoms with E-state index in [1.165, 1.54) is 0 Å². The first kappa shape index (κ1) is 15.2. The number of para-hydroxylation sites is 1. The maximum Gasteiger partial charge on any atom is 0.192 e. The van der Waals surface area contributed by atoms with Gasteiger partial charge in [-0.2, -0.15) is 0 Å². The van der Waals surface area contributed by atoms with Gasteiger partial charge in [0.25, 0.3) is 0 Å². The Morgan fingerprint density at radius 1 is 1.32 bits per heavy atom. The van der Waals surface area contributed by atoms with Gasteiger partial charge >= 0.3 is 0 Å². The number of hydrogen-bond acceptors (Lipinski definition) is 2. The summed E-state index contributed by atoms with van der Waals surface area (Å²) in [4.78, 5) is 14.8. The van der Waals surface area contributed by atoms with Crippen LogP contribution in [0.5, 0.6) is 0 Å². The SMILES string of the molecule is Cc1c(CN2CC[C@@H](F)C2)n(C(C)C)c2ccccc2c1=O. The number of rotatable bonds is 3. The van der Waals surface area contributed by atoms with Crippen LogP contribution in [-0.4, -0.2) is 28.7 Å². The van der Waals surface area contributed by atoms with E-state index in [-0.39, 0.29) is 11.5 Å². The van der Waals surface area contributed by atoms with E-state index in [4.69, 9.17) is 0 Å². The molecule has 1 aliphatic rings. The normalized spacial score (nSPS) is 19.4. The van der Waals surface area contributed by atoms with E-state index in [9.17, 15) is 9.18 Å². The number of halogens is 1. The Morgan fingerprint density at radius 2 is 2.05 bits per heavy atom. The predicted molar refractivity (Wildman–Crippen MR) is 88.1 cm³/mol. The van der Waals surface area contributed by atoms with Gasteiger partial charge in [0.05, 0.1) is 5.52 Å². The summed E-state index contributed by atoms with van der Waals surface area (Å²) in [6.45, 7) is 8.03. The molecule has 0 spiro atoms. The molecule has 1 aromatic carbocycles. The molecule has 118 valence electrons. The first-order chi connectivity index (χ1) is 10.5. The van der Waals surface area contributed by atoms with Gasteiger partial charge in [0.2, 0.25) is 0 Å². The van der Waals surface area contributed by atoms with E-state index >= 15 is 0 Å². The zero-order chi connectivity index (χ0) is 15.9. The largest absolute Gasteiger partial charge is 0.340 e. The maximum absolute atomic E-state index is 13.5. The molecule has 3 rings (SSSR count). The molecule has 0 unspecified atom stereocenters. The van der Waals surface area contributed by atoms with E-state index in [2.05, 4.69) is 23.3 Å². The minimum Gasteiger partial charge on any atom is -0.340 e. The Labute approximate surface area is 130 Å². The molecule has 1 atom stereocenters. The molecule has 22 heavy (non-hydrogen) atoms. The fourth-order valence-corrected chi connectivity index (χ4v) is 3.46. The minimum absolute atomic E-state index is 0.0958. The van der Waals surface area contributed by atoms with E-state index < -0.39 is 6.17 Å². The number of alkyl halides is 1. The fraction of sp³-hybridized carbons (Fsp3) is 0.500. The standard InChI is InChI=1S/C18H23FN2O/c1-12(2)21-16-7-5-4-6-15(16)18(22)13(3)17(21)11-20-9-8-14(19)10-20/h4-7,12,14H,8-11H2,1-3H3/t14-/m1/s1. The van der Waals surface area contributed by atoms with Gasteiger partial charge in [0, 0.05) is 42.3 Å². The molecule has 1 aromatic heterocycles. The molecule has 0 amide bonds. The van der Waals surface area contributed by atoms with E-state index in [1.807, 2.05) is 31.2 Å². The zero-order valence-electron chi connectivity index (χ0n) is 13.5. The third kappa shape index (κ3) is 2.56. The molecule has 1 aliphatic heterocycles. The third-order valence-electron chi connectivity index (χ3n) is 4.58. The lowest BCUT2D eigenvalue weighted by Gasteiger charge is -2.25. The van der Waals surface area contributed by atoms with Crippen molar-refractivity contribution in [1.29, 1.82) is 0 Å². The smallest absolute Gasteiger partial charge is 0.192 e. The molecule has 0 aliphatic carbocycles. The second-order valence-electron chi connectivity index (χ2n) is 6.50. The molecule has 2 heterocycles. The number of likely N-dealkylation sites (tertiary alicyclic amines) is 1. The molecule has 4 heteroatoms. The fourth-order valence-electron chi connectivity index (χ4n) is 3.46. The Bertz CT molecular complexity index is 751. The van der Waals surface area contributed by atoms with Crippen molar-refractivity contribution in [1.82, 2.24) is 9.47 Å². The van der Waals surface area contributed by atoms with Crippen LogP contribution in [0.4, 0.5) is 4.39 Å². The number of hydrogen-bond donors (Lipinski definition) is 0. The van der Waals surface area contributed by atoms with E-state index in [0.717, 1.165) is 28.7 Å². The van der Waals surface area contributed by atoms with Crippen LogP contribution in [0, 0.1) is 6.92 Å². The summed E-state index contributed by atoms with van der Waals surface area (Å²) in [6, 6.07) is 8.01. The van der Waals surface area contributed by atoms with Crippen LogP contribution in [0.15, 0.2) is 29.1 Å². The molecule has 1 saturated heterocycles. The van der Waals surface area contributed by atoms with Gasteiger partial charge in [-0.3, -0.25) is 9.69 Å². The van der Waals surface area contributed by atoms with E-state index in [0.29, 0.717) is 19.5 Å². The second-order valence-corrected chi connectivity index (χ2v) is 6.50. The van der Waals surface area contributed by atoms with Gasteiger partial charge in [-0.05, 0) is 39.3 Å². The lowest BCUT2D eigenvalue weighted by atomic mass is 10.1. The van der Waals surface area contributed by atoms with Crippen LogP contribution in [-0.2, 0) is 6.54 Å². The molecule has 0 radical (unpaired) electrons. The van der Waals surface area contributed by atoms with Crippen molar-refractivity contribution < 1.29 is 4.39 Å². The van der Waals surface area contributed by atoms with E-state index in [1.54, 1.807) is 0 Å². The van der Waals surface area contributed by atoms with Gasteiger partial charge < -0.3 is 4.57 Å². The molecule has 3 nitrogen and oxygen atoms in total. The van der Waals surface area contributed by atoms with Gasteiger partial charge in [-0.15, -0.1) is 0 Å². The lowest BCUT2D eigenvalue weighted by molar-refractivity contribution is 0.275. The van der Waals surface area contributed by atoms with Crippen LogP contribution < -0.4 is 5.43 Å². The maximum atomic E-state index is 13.5. The first-order valence-corrected chi connectivity index (χ1v) is 7.98. The average molecular weight is 302 g/mol. The monoisotopic (exact) mass is 302 g/mol. The number of benzene rings is 1. The number of aromatic nitrogens is 1. The number of nitrogens with zero attached hydrogens (tertiary/aromatic N) is 2. The summed E-state index contributed by atoms with van der Waals surface area (Å²) in [5.41, 5.74) is 2.88. The van der Waals surface area contributed by atoms with Crippen molar-refractivity contribution in [2.45, 2.75) is 46.0 Å². The Kier molecular flexibility index (Phi) is 4.04. The van der Waals surface area contributed by atoms with Crippen LogP contribution in [0.3, 0.4) is 0 Å². The molecular formula is C18H23FN2O. The quantitative estimate of drug-likeness (QED) is 0.868. The van der Waals surface area contributed by atoms with Crippen LogP contribution in [0.2, 0.25) is 0 Å². The molecule has 0 saturated carbocycles. The van der Waals surface area contributed by atoms with Crippen LogP contribution >= 0.6 is 0 Å². The Morgan fingerprint density at radius 3 is 2.68 bits per heavy atom. The van der Waals surface area contributed by atoms with Crippen molar-refractivity contribution in [3.8, 4) is 0 Å². The average Bonchev–Trinajstić information content (AvgIpc) is 2.89. The third-order valence-corrected chi connectivity index (χ3v) is 4.58. The Hall–Kier alpha value is -1.68. The summed E-state index contributed by atoms with van der Waals surface area (Å²) in [5.74, 6) is 0. The van der Waals surface area contributed by atoms with Crippen molar-refractivity contribution in [2.24, 2.45) is 0 Å². The van der Waals surface area contributed by atoms with Gasteiger partial charge in [-0.1, -0.05) is 12.1 Å². The highest BCUT2D eigenvalue weighted by Crippen LogP contribution is 2.24. The van der Waals surface area contributed by atoms with Gasteiger partial charge in [0.15, 0.2) is 5.43 Å². The minimum atomic E-state index is -0.736. The van der Waals surface area contributed by atoms with Crippen LogP contribution in [0.25, 0.3) is 10.9 Å². The zero-order valence-corrected chi connectivity index (χ0v) is 13.5. The Balaban J connectivity index is 2.17. The number of fused-ring (bicyclic) bond motifs is 1. The predicted octanol–water partition coefficient (Wildman–Crippen LogP) is 3.43. The highest BCUT2D eigenvalue weighted by atomic mass is 19.1. The first-order valence-electron chi connectivity index (χ1n) is 7.98. The molecule has 2 aromatic rings. The molecule has 0 N–H and O–H groups in total. The van der Waals surface area contributed by atoms with Gasteiger partial charge in [-0.25, -0.2) is 4.39 Å². The number of pyridine rings is 1. The second kappa shape index (κ2) is 5.84. The summed E-state index contributed by atoms with van der Waals surface area (Å²) < 4.78 is 15.7. The van der Waals surface area contributed by atoms with Crippen molar-refractivity contribution in [2.75, 3.05) is 13.1 Å². The molecular weight excluding hydrogens is 279 g/mol. The summed E-state index contributed by atoms with van der Waals surface area (Å²) in [5, 5.41) is 0.766. The highest BCUT2D eigenvalue weighted by molar-refractivity contribution is 5.80. The highest BCUT2D eigenvalue weighted by Gasteiger charge is 2.24. The van der Waals surface area contributed by atoms with Crippen molar-refractivity contribution in [3.63, 3.8) is 0 Å². The summed E-state index contributed by atoms with van der Waals surface area (Å²) >= 11 is 0. The summed E-state index contributed by atoms with van der Waals surface area (Å²) in [7, 11) is 0. The summed E-state index contributed by atoms with van der Waals surface area (Å²) in [6.07, 6.45) is -0.140. The van der Waals surface area contributed by atoms with Gasteiger partial charge in [0.1, 0.15) is 6.17 Å². The topological polar surface area (TPSA) is 25.2 Å². The van der Waals surface area contributed by atoms with Crippen molar-refractivity contribution >= 4 is 10.9 Å². The molecule has 1 fully saturated rings. The van der Waals surface area contributed by atoms with Crippen LogP contribution in [0.1, 0.15) is 37.6 Å². The van der Waals surface area contributed by atoms with Crippen molar-refractivity contribution in [3.05, 3.63) is 45.7 Å².